The summed E-state index contributed by atoms with van der Waals surface area (Å²) < 4.78 is 16.5. The molecule has 1 aliphatic heterocycles. The summed E-state index contributed by atoms with van der Waals surface area (Å²) in [6.07, 6.45) is 2.17. The van der Waals surface area contributed by atoms with Crippen LogP contribution in [0.3, 0.4) is 0 Å². The van der Waals surface area contributed by atoms with E-state index in [1.165, 1.54) is 0 Å². The normalized spacial score (nSPS) is 11.8. The average Bonchev–Trinajstić information content (AvgIpc) is 3.56. The van der Waals surface area contributed by atoms with Gasteiger partial charge in [0.25, 0.3) is 5.91 Å². The maximum absolute atomic E-state index is 12.8. The third kappa shape index (κ3) is 5.33. The number of amides is 2. The Hall–Kier alpha value is -4.59. The highest BCUT2D eigenvalue weighted by Crippen LogP contribution is 2.32. The third-order valence-corrected chi connectivity index (χ3v) is 5.51. The first-order valence-electron chi connectivity index (χ1n) is 11.2. The lowest BCUT2D eigenvalue weighted by atomic mass is 10.1. The van der Waals surface area contributed by atoms with E-state index in [1.54, 1.807) is 30.5 Å². The van der Waals surface area contributed by atoms with Crippen LogP contribution in [0.1, 0.15) is 28.2 Å². The van der Waals surface area contributed by atoms with E-state index >= 15 is 0 Å². The van der Waals surface area contributed by atoms with Crippen molar-refractivity contribution in [3.8, 4) is 22.8 Å². The Balaban J connectivity index is 1.17. The lowest BCUT2D eigenvalue weighted by Crippen LogP contribution is -2.25. The molecule has 3 aromatic carbocycles. The van der Waals surface area contributed by atoms with Gasteiger partial charge < -0.3 is 24.5 Å². The summed E-state index contributed by atoms with van der Waals surface area (Å²) in [4.78, 5) is 29.7. The summed E-state index contributed by atoms with van der Waals surface area (Å²) in [5, 5.41) is 5.71. The quantitative estimate of drug-likeness (QED) is 0.392. The van der Waals surface area contributed by atoms with E-state index in [-0.39, 0.29) is 25.0 Å². The number of hydrogen-bond donors (Lipinski definition) is 2. The Morgan fingerprint density at radius 2 is 1.71 bits per heavy atom. The third-order valence-electron chi connectivity index (χ3n) is 5.51. The number of nitrogens with zero attached hydrogens (tertiary/aromatic N) is 1. The van der Waals surface area contributed by atoms with Gasteiger partial charge >= 0.3 is 0 Å². The second kappa shape index (κ2) is 10.1. The van der Waals surface area contributed by atoms with Crippen molar-refractivity contribution in [1.29, 1.82) is 0 Å². The maximum Gasteiger partial charge on any atom is 0.253 e. The van der Waals surface area contributed by atoms with Gasteiger partial charge in [0.05, 0.1) is 17.4 Å². The summed E-state index contributed by atoms with van der Waals surface area (Å²) in [6, 6.07) is 22.1. The number of ether oxygens (including phenoxy) is 2. The fraction of sp³-hybridized carbons (Fsp3) is 0.148. The summed E-state index contributed by atoms with van der Waals surface area (Å²) in [7, 11) is 0. The molecule has 35 heavy (non-hydrogen) atoms. The zero-order valence-corrected chi connectivity index (χ0v) is 18.8. The highest BCUT2D eigenvalue weighted by atomic mass is 16.7. The average molecular weight is 469 g/mol. The van der Waals surface area contributed by atoms with Gasteiger partial charge in [-0.25, -0.2) is 4.98 Å². The van der Waals surface area contributed by atoms with Crippen LogP contribution in [0.2, 0.25) is 0 Å². The molecule has 176 valence electrons. The molecule has 2 heterocycles. The molecule has 0 saturated carbocycles. The number of carbonyl (C=O) groups is 2. The summed E-state index contributed by atoms with van der Waals surface area (Å²) in [5.74, 6) is 1.96. The van der Waals surface area contributed by atoms with Crippen molar-refractivity contribution < 1.29 is 23.5 Å². The van der Waals surface area contributed by atoms with Crippen LogP contribution in [-0.2, 0) is 17.8 Å². The van der Waals surface area contributed by atoms with Crippen LogP contribution in [0.25, 0.3) is 11.3 Å². The second-order valence-electron chi connectivity index (χ2n) is 7.95. The Bertz CT molecular complexity index is 1350. The van der Waals surface area contributed by atoms with Crippen molar-refractivity contribution >= 4 is 17.5 Å². The molecule has 0 aliphatic carbocycles. The molecule has 0 radical (unpaired) electrons. The predicted octanol–water partition coefficient (Wildman–Crippen LogP) is 4.57. The fourth-order valence-corrected chi connectivity index (χ4v) is 3.71. The molecule has 0 unspecified atom stereocenters. The highest BCUT2D eigenvalue weighted by molar-refractivity contribution is 6.03. The number of hydrogen-bond acceptors (Lipinski definition) is 6. The Labute approximate surface area is 201 Å². The molecule has 1 aliphatic rings. The van der Waals surface area contributed by atoms with Crippen molar-refractivity contribution in [1.82, 2.24) is 10.3 Å². The molecule has 0 atom stereocenters. The number of carbonyl (C=O) groups excluding carboxylic acids is 2. The smallest absolute Gasteiger partial charge is 0.253 e. The minimum Gasteiger partial charge on any atom is -0.454 e. The molecule has 0 saturated heterocycles. The lowest BCUT2D eigenvalue weighted by Gasteiger charge is -2.11. The summed E-state index contributed by atoms with van der Waals surface area (Å²) >= 11 is 0. The largest absolute Gasteiger partial charge is 0.454 e. The van der Waals surface area contributed by atoms with Crippen LogP contribution >= 0.6 is 0 Å². The Morgan fingerprint density at radius 1 is 0.914 bits per heavy atom. The van der Waals surface area contributed by atoms with Gasteiger partial charge in [-0.05, 0) is 29.8 Å². The molecule has 5 rings (SSSR count). The van der Waals surface area contributed by atoms with E-state index in [2.05, 4.69) is 15.6 Å². The first kappa shape index (κ1) is 22.2. The molecule has 4 aromatic rings. The molecule has 8 heteroatoms. The molecule has 2 N–H and O–H groups in total. The number of para-hydroxylation sites is 1. The van der Waals surface area contributed by atoms with Gasteiger partial charge in [0.15, 0.2) is 23.1 Å². The van der Waals surface area contributed by atoms with Gasteiger partial charge in [0, 0.05) is 24.9 Å². The topological polar surface area (TPSA) is 103 Å². The molecular weight excluding hydrogens is 446 g/mol. The van der Waals surface area contributed by atoms with Crippen LogP contribution in [0.5, 0.6) is 11.5 Å². The van der Waals surface area contributed by atoms with Crippen LogP contribution in [0.15, 0.2) is 83.4 Å². The number of oxazole rings is 1. The van der Waals surface area contributed by atoms with Gasteiger partial charge in [-0.1, -0.05) is 48.5 Å². The number of aromatic nitrogens is 1. The van der Waals surface area contributed by atoms with Crippen LogP contribution in [0.4, 0.5) is 5.69 Å². The summed E-state index contributed by atoms with van der Waals surface area (Å²) in [6.45, 7) is 0.508. The SMILES string of the molecule is O=C(CCc1ncc(-c2ccccc2)o1)Nc1ccccc1C(=O)NCc1ccc2c(c1)OCO2. The second-order valence-corrected chi connectivity index (χ2v) is 7.95. The van der Waals surface area contributed by atoms with E-state index in [4.69, 9.17) is 13.9 Å². The number of benzene rings is 3. The van der Waals surface area contributed by atoms with Crippen molar-refractivity contribution in [2.45, 2.75) is 19.4 Å². The van der Waals surface area contributed by atoms with E-state index in [9.17, 15) is 9.59 Å². The number of aryl methyl sites for hydroxylation is 1. The van der Waals surface area contributed by atoms with Gasteiger partial charge in [0.1, 0.15) is 0 Å². The van der Waals surface area contributed by atoms with Crippen molar-refractivity contribution in [3.05, 3.63) is 96.0 Å². The van der Waals surface area contributed by atoms with Crippen LogP contribution in [0, 0.1) is 0 Å². The molecule has 0 spiro atoms. The molecule has 1 aromatic heterocycles. The molecule has 0 fully saturated rings. The molecule has 8 nitrogen and oxygen atoms in total. The van der Waals surface area contributed by atoms with Crippen LogP contribution < -0.4 is 20.1 Å². The van der Waals surface area contributed by atoms with Crippen molar-refractivity contribution in [2.24, 2.45) is 0 Å². The zero-order valence-electron chi connectivity index (χ0n) is 18.8. The molecule has 2 amide bonds. The standard InChI is InChI=1S/C27H23N3O5/c31-25(12-13-26-28-16-24(35-26)19-6-2-1-3-7-19)30-21-9-5-4-8-20(21)27(32)29-15-18-10-11-22-23(14-18)34-17-33-22/h1-11,14,16H,12-13,15,17H2,(H,29,32)(H,30,31). The van der Waals surface area contributed by atoms with Gasteiger partial charge in [-0.3, -0.25) is 9.59 Å². The van der Waals surface area contributed by atoms with Gasteiger partial charge in [-0.15, -0.1) is 0 Å². The maximum atomic E-state index is 12.8. The van der Waals surface area contributed by atoms with Gasteiger partial charge in [0.2, 0.25) is 12.7 Å². The predicted molar refractivity (Wildman–Crippen MR) is 129 cm³/mol. The number of rotatable bonds is 8. The van der Waals surface area contributed by atoms with Gasteiger partial charge in [-0.2, -0.15) is 0 Å². The fourth-order valence-electron chi connectivity index (χ4n) is 3.71. The van der Waals surface area contributed by atoms with Crippen molar-refractivity contribution in [3.63, 3.8) is 0 Å². The van der Waals surface area contributed by atoms with E-state index < -0.39 is 0 Å². The number of anilines is 1. The highest BCUT2D eigenvalue weighted by Gasteiger charge is 2.16. The molecule has 0 bridgehead atoms. The van der Waals surface area contributed by atoms with E-state index in [1.807, 2.05) is 48.5 Å². The first-order chi connectivity index (χ1) is 17.2. The van der Waals surface area contributed by atoms with E-state index in [0.29, 0.717) is 47.4 Å². The van der Waals surface area contributed by atoms with Crippen molar-refractivity contribution in [2.75, 3.05) is 12.1 Å². The first-order valence-corrected chi connectivity index (χ1v) is 11.2. The number of fused-ring (bicyclic) bond motifs is 1. The Kier molecular flexibility index (Phi) is 6.43. The van der Waals surface area contributed by atoms with E-state index in [0.717, 1.165) is 11.1 Å². The minimum atomic E-state index is -0.293. The minimum absolute atomic E-state index is 0.169. The Morgan fingerprint density at radius 3 is 2.60 bits per heavy atom. The number of nitrogens with one attached hydrogen (secondary N) is 2. The monoisotopic (exact) mass is 469 g/mol. The van der Waals surface area contributed by atoms with Crippen LogP contribution in [-0.4, -0.2) is 23.6 Å². The molecular formula is C27H23N3O5. The lowest BCUT2D eigenvalue weighted by molar-refractivity contribution is -0.116. The summed E-state index contributed by atoms with van der Waals surface area (Å²) in [5.41, 5.74) is 2.63. The zero-order chi connectivity index (χ0) is 24.0.